The first-order chi connectivity index (χ1) is 10.1. The van der Waals surface area contributed by atoms with Gasteiger partial charge in [-0.3, -0.25) is 4.79 Å². The molecule has 2 N–H and O–H groups in total. The summed E-state index contributed by atoms with van der Waals surface area (Å²) in [5, 5.41) is 12.6. The second kappa shape index (κ2) is 7.36. The topological polar surface area (TPSA) is 58.6 Å². The number of amides is 1. The van der Waals surface area contributed by atoms with E-state index in [0.29, 0.717) is 12.1 Å². The van der Waals surface area contributed by atoms with Gasteiger partial charge in [0.2, 0.25) is 0 Å². The summed E-state index contributed by atoms with van der Waals surface area (Å²) in [6.45, 7) is -2.45. The highest BCUT2D eigenvalue weighted by Gasteiger charge is 2.23. The van der Waals surface area contributed by atoms with Gasteiger partial charge < -0.3 is 15.2 Å². The van der Waals surface area contributed by atoms with Gasteiger partial charge in [0.05, 0.1) is 6.10 Å². The molecule has 0 radical (unpaired) electrons. The number of hydrogen-bond donors (Lipinski definition) is 2. The molecular formula is C15H19F2NO3. The van der Waals surface area contributed by atoms with E-state index in [-0.39, 0.29) is 23.7 Å². The number of carbonyl (C=O) groups excluding carboxylic acids is 1. The molecule has 0 spiro atoms. The van der Waals surface area contributed by atoms with E-state index >= 15 is 0 Å². The zero-order valence-corrected chi connectivity index (χ0v) is 11.6. The van der Waals surface area contributed by atoms with Gasteiger partial charge >= 0.3 is 6.61 Å². The lowest BCUT2D eigenvalue weighted by molar-refractivity contribution is -0.0498. The fourth-order valence-electron chi connectivity index (χ4n) is 2.54. The lowest BCUT2D eigenvalue weighted by Crippen LogP contribution is -2.36. The number of benzene rings is 1. The van der Waals surface area contributed by atoms with Gasteiger partial charge in [-0.15, -0.1) is 0 Å². The van der Waals surface area contributed by atoms with Crippen LogP contribution in [0.5, 0.6) is 5.75 Å². The summed E-state index contributed by atoms with van der Waals surface area (Å²) in [5.74, 6) is -0.176. The predicted octanol–water partition coefficient (Wildman–Crippen LogP) is 2.57. The Kier molecular flexibility index (Phi) is 5.50. The first-order valence-electron chi connectivity index (χ1n) is 7.07. The van der Waals surface area contributed by atoms with Crippen LogP contribution < -0.4 is 10.1 Å². The normalized spacial score (nSPS) is 22.1. The number of aliphatic hydroxyl groups excluding tert-OH is 1. The van der Waals surface area contributed by atoms with Crippen molar-refractivity contribution < 1.29 is 23.4 Å². The molecule has 21 heavy (non-hydrogen) atoms. The molecule has 1 saturated carbocycles. The van der Waals surface area contributed by atoms with Gasteiger partial charge in [-0.05, 0) is 37.1 Å². The van der Waals surface area contributed by atoms with E-state index in [1.165, 1.54) is 24.3 Å². The quantitative estimate of drug-likeness (QED) is 0.878. The number of rotatable bonds is 5. The fourth-order valence-corrected chi connectivity index (χ4v) is 2.54. The van der Waals surface area contributed by atoms with E-state index in [9.17, 15) is 18.7 Å². The Labute approximate surface area is 122 Å². The Morgan fingerprint density at radius 2 is 1.95 bits per heavy atom. The molecule has 1 fully saturated rings. The van der Waals surface area contributed by atoms with Crippen LogP contribution in [0.2, 0.25) is 0 Å². The van der Waals surface area contributed by atoms with Crippen molar-refractivity contribution in [2.45, 2.75) is 38.4 Å². The molecule has 1 aliphatic rings. The predicted molar refractivity (Wildman–Crippen MR) is 73.4 cm³/mol. The lowest BCUT2D eigenvalue weighted by atomic mass is 9.86. The summed E-state index contributed by atoms with van der Waals surface area (Å²) < 4.78 is 28.3. The molecule has 1 amide bonds. The Hall–Kier alpha value is -1.69. The van der Waals surface area contributed by atoms with Crippen molar-refractivity contribution in [1.82, 2.24) is 5.32 Å². The summed E-state index contributed by atoms with van der Waals surface area (Å²) in [6.07, 6.45) is 3.41. The maximum Gasteiger partial charge on any atom is 0.387 e. The van der Waals surface area contributed by atoms with Gasteiger partial charge in [0.15, 0.2) is 0 Å². The van der Waals surface area contributed by atoms with Crippen molar-refractivity contribution in [3.63, 3.8) is 0 Å². The molecule has 1 aromatic carbocycles. The van der Waals surface area contributed by atoms with E-state index in [2.05, 4.69) is 10.1 Å². The number of nitrogens with one attached hydrogen (secondary N) is 1. The highest BCUT2D eigenvalue weighted by Crippen LogP contribution is 2.23. The molecule has 4 nitrogen and oxygen atoms in total. The van der Waals surface area contributed by atoms with Gasteiger partial charge in [-0.25, -0.2) is 0 Å². The van der Waals surface area contributed by atoms with E-state index < -0.39 is 6.61 Å². The first kappa shape index (κ1) is 15.7. The maximum absolute atomic E-state index is 12.0. The van der Waals surface area contributed by atoms with Gasteiger partial charge in [-0.2, -0.15) is 8.78 Å². The highest BCUT2D eigenvalue weighted by molar-refractivity contribution is 5.94. The smallest absolute Gasteiger partial charge is 0.387 e. The van der Waals surface area contributed by atoms with E-state index in [4.69, 9.17) is 0 Å². The van der Waals surface area contributed by atoms with E-state index in [1.807, 2.05) is 0 Å². The van der Waals surface area contributed by atoms with Crippen LogP contribution in [0.25, 0.3) is 0 Å². The number of ether oxygens (including phenoxy) is 1. The molecule has 0 aromatic heterocycles. The van der Waals surface area contributed by atoms with Gasteiger partial charge in [0.25, 0.3) is 5.91 Å². The largest absolute Gasteiger partial charge is 0.435 e. The number of aliphatic hydroxyl groups is 1. The van der Waals surface area contributed by atoms with E-state index in [1.54, 1.807) is 0 Å². The SMILES string of the molecule is O=C(NCC1CCCCC1O)c1ccc(OC(F)F)cc1. The molecule has 2 unspecified atom stereocenters. The summed E-state index contributed by atoms with van der Waals surface area (Å²) in [4.78, 5) is 11.9. The van der Waals surface area contributed by atoms with Crippen molar-refractivity contribution in [2.24, 2.45) is 5.92 Å². The van der Waals surface area contributed by atoms with Crippen molar-refractivity contribution in [2.75, 3.05) is 6.54 Å². The molecule has 1 aliphatic carbocycles. The Morgan fingerprint density at radius 3 is 2.57 bits per heavy atom. The van der Waals surface area contributed by atoms with Crippen molar-refractivity contribution in [3.8, 4) is 5.75 Å². The molecule has 0 aliphatic heterocycles. The summed E-state index contributed by atoms with van der Waals surface area (Å²) >= 11 is 0. The van der Waals surface area contributed by atoms with Crippen LogP contribution in [0.4, 0.5) is 8.78 Å². The second-order valence-corrected chi connectivity index (χ2v) is 5.22. The zero-order valence-electron chi connectivity index (χ0n) is 11.6. The van der Waals surface area contributed by atoms with Crippen LogP contribution in [0.15, 0.2) is 24.3 Å². The first-order valence-corrected chi connectivity index (χ1v) is 7.07. The fraction of sp³-hybridized carbons (Fsp3) is 0.533. The van der Waals surface area contributed by atoms with Crippen LogP contribution in [0.1, 0.15) is 36.0 Å². The number of carbonyl (C=O) groups is 1. The summed E-state index contributed by atoms with van der Waals surface area (Å²) in [6, 6.07) is 5.53. The third-order valence-corrected chi connectivity index (χ3v) is 3.74. The number of halogens is 2. The molecule has 0 heterocycles. The number of hydrogen-bond acceptors (Lipinski definition) is 3. The molecule has 2 rings (SSSR count). The average Bonchev–Trinajstić information content (AvgIpc) is 2.46. The highest BCUT2D eigenvalue weighted by atomic mass is 19.3. The van der Waals surface area contributed by atoms with Gasteiger partial charge in [0.1, 0.15) is 5.75 Å². The molecule has 0 bridgehead atoms. The lowest BCUT2D eigenvalue weighted by Gasteiger charge is -2.27. The van der Waals surface area contributed by atoms with Crippen molar-refractivity contribution in [3.05, 3.63) is 29.8 Å². The minimum Gasteiger partial charge on any atom is -0.435 e. The zero-order chi connectivity index (χ0) is 15.2. The monoisotopic (exact) mass is 299 g/mol. The standard InChI is InChI=1S/C15H19F2NO3/c16-15(17)21-12-7-5-10(6-8-12)14(20)18-9-11-3-1-2-4-13(11)19/h5-8,11,13,15,19H,1-4,9H2,(H,18,20). The van der Waals surface area contributed by atoms with Crippen LogP contribution in [-0.2, 0) is 0 Å². The number of alkyl halides is 2. The third kappa shape index (κ3) is 4.67. The van der Waals surface area contributed by atoms with Gasteiger partial charge in [0, 0.05) is 18.0 Å². The average molecular weight is 299 g/mol. The molecule has 2 atom stereocenters. The Bertz CT molecular complexity index is 464. The Balaban J connectivity index is 1.85. The molecule has 6 heteroatoms. The second-order valence-electron chi connectivity index (χ2n) is 5.22. The maximum atomic E-state index is 12.0. The molecular weight excluding hydrogens is 280 g/mol. The molecule has 116 valence electrons. The van der Waals surface area contributed by atoms with Crippen LogP contribution in [0.3, 0.4) is 0 Å². The van der Waals surface area contributed by atoms with Crippen molar-refractivity contribution >= 4 is 5.91 Å². The summed E-state index contributed by atoms with van der Waals surface area (Å²) in [7, 11) is 0. The minimum absolute atomic E-state index is 0.0178. The van der Waals surface area contributed by atoms with Gasteiger partial charge in [-0.1, -0.05) is 12.8 Å². The minimum atomic E-state index is -2.88. The Morgan fingerprint density at radius 1 is 1.29 bits per heavy atom. The van der Waals surface area contributed by atoms with Crippen LogP contribution in [0, 0.1) is 5.92 Å². The van der Waals surface area contributed by atoms with Crippen LogP contribution in [-0.4, -0.2) is 30.3 Å². The van der Waals surface area contributed by atoms with Crippen molar-refractivity contribution in [1.29, 1.82) is 0 Å². The third-order valence-electron chi connectivity index (χ3n) is 3.74. The van der Waals surface area contributed by atoms with E-state index in [0.717, 1.165) is 25.7 Å². The summed E-state index contributed by atoms with van der Waals surface area (Å²) in [5.41, 5.74) is 0.377. The molecule has 0 saturated heterocycles. The molecule has 1 aromatic rings. The van der Waals surface area contributed by atoms with Crippen LogP contribution >= 0.6 is 0 Å².